The van der Waals surface area contributed by atoms with Gasteiger partial charge in [0.15, 0.2) is 11.4 Å². The average Bonchev–Trinajstić information content (AvgIpc) is 2.70. The number of ether oxygens (including phenoxy) is 1. The molecular weight excluding hydrogens is 216 g/mol. The Kier molecular flexibility index (Phi) is 5.19. The van der Waals surface area contributed by atoms with Gasteiger partial charge < -0.3 is 9.30 Å². The molecule has 0 aromatic carbocycles. The fourth-order valence-electron chi connectivity index (χ4n) is 1.33. The molecule has 5 heteroatoms. The first-order valence-corrected chi connectivity index (χ1v) is 5.62. The predicted octanol–water partition coefficient (Wildman–Crippen LogP) is 1.69. The van der Waals surface area contributed by atoms with E-state index in [-0.39, 0.29) is 5.69 Å². The van der Waals surface area contributed by atoms with E-state index in [9.17, 15) is 0 Å². The number of imidazole rings is 1. The third kappa shape index (κ3) is 3.90. The summed E-state index contributed by atoms with van der Waals surface area (Å²) in [6.45, 7) is 6.09. The largest absolute Gasteiger partial charge is 0.380 e. The van der Waals surface area contributed by atoms with E-state index in [1.54, 1.807) is 4.57 Å². The molecule has 0 fully saturated rings. The standard InChI is InChI=1S/C12H16N4O/c1-10(2)3-5-17-6-4-16-9-15-11(7-13)12(16)8-14/h9-10H,3-6H2,1-2H3. The maximum absolute atomic E-state index is 8.89. The Morgan fingerprint density at radius 2 is 2.12 bits per heavy atom. The maximum atomic E-state index is 8.89. The summed E-state index contributed by atoms with van der Waals surface area (Å²) in [6.07, 6.45) is 2.53. The molecule has 0 saturated carbocycles. The Morgan fingerprint density at radius 3 is 2.71 bits per heavy atom. The molecule has 1 aromatic rings. The monoisotopic (exact) mass is 232 g/mol. The zero-order chi connectivity index (χ0) is 12.7. The van der Waals surface area contributed by atoms with E-state index in [0.29, 0.717) is 24.8 Å². The molecule has 0 spiro atoms. The highest BCUT2D eigenvalue weighted by Crippen LogP contribution is 2.05. The van der Waals surface area contributed by atoms with Crippen molar-refractivity contribution in [2.45, 2.75) is 26.8 Å². The van der Waals surface area contributed by atoms with Gasteiger partial charge in [-0.05, 0) is 12.3 Å². The minimum absolute atomic E-state index is 0.176. The van der Waals surface area contributed by atoms with Crippen LogP contribution in [0.1, 0.15) is 31.7 Å². The van der Waals surface area contributed by atoms with Crippen molar-refractivity contribution in [3.8, 4) is 12.1 Å². The van der Waals surface area contributed by atoms with Gasteiger partial charge in [-0.15, -0.1) is 0 Å². The van der Waals surface area contributed by atoms with Crippen LogP contribution < -0.4 is 0 Å². The van der Waals surface area contributed by atoms with Crippen molar-refractivity contribution in [3.63, 3.8) is 0 Å². The normalized spacial score (nSPS) is 10.2. The summed E-state index contributed by atoms with van der Waals surface area (Å²) < 4.78 is 7.10. The second-order valence-electron chi connectivity index (χ2n) is 4.15. The minimum Gasteiger partial charge on any atom is -0.380 e. The van der Waals surface area contributed by atoms with Crippen molar-refractivity contribution in [2.24, 2.45) is 5.92 Å². The molecule has 1 aromatic heterocycles. The molecule has 17 heavy (non-hydrogen) atoms. The zero-order valence-corrected chi connectivity index (χ0v) is 10.2. The highest BCUT2D eigenvalue weighted by atomic mass is 16.5. The summed E-state index contributed by atoms with van der Waals surface area (Å²) in [5, 5.41) is 17.6. The smallest absolute Gasteiger partial charge is 0.176 e. The van der Waals surface area contributed by atoms with Gasteiger partial charge in [0.1, 0.15) is 12.1 Å². The summed E-state index contributed by atoms with van der Waals surface area (Å²) in [5.74, 6) is 0.628. The van der Waals surface area contributed by atoms with E-state index < -0.39 is 0 Å². The van der Waals surface area contributed by atoms with Crippen LogP contribution in [-0.4, -0.2) is 22.8 Å². The van der Waals surface area contributed by atoms with Gasteiger partial charge in [0.05, 0.1) is 12.9 Å². The van der Waals surface area contributed by atoms with Crippen LogP contribution in [0.2, 0.25) is 0 Å². The van der Waals surface area contributed by atoms with Gasteiger partial charge in [-0.25, -0.2) is 4.98 Å². The maximum Gasteiger partial charge on any atom is 0.176 e. The molecule has 0 atom stereocenters. The van der Waals surface area contributed by atoms with Gasteiger partial charge >= 0.3 is 0 Å². The van der Waals surface area contributed by atoms with Crippen molar-refractivity contribution in [1.29, 1.82) is 10.5 Å². The molecule has 1 rings (SSSR count). The second kappa shape index (κ2) is 6.67. The third-order valence-corrected chi connectivity index (χ3v) is 2.37. The van der Waals surface area contributed by atoms with E-state index >= 15 is 0 Å². The van der Waals surface area contributed by atoms with Crippen LogP contribution in [0.25, 0.3) is 0 Å². The lowest BCUT2D eigenvalue weighted by Crippen LogP contribution is -2.08. The Balaban J connectivity index is 2.40. The first-order valence-electron chi connectivity index (χ1n) is 5.62. The van der Waals surface area contributed by atoms with Crippen molar-refractivity contribution in [3.05, 3.63) is 17.7 Å². The van der Waals surface area contributed by atoms with Crippen molar-refractivity contribution in [1.82, 2.24) is 9.55 Å². The first kappa shape index (κ1) is 13.2. The number of hydrogen-bond acceptors (Lipinski definition) is 4. The van der Waals surface area contributed by atoms with Crippen LogP contribution in [0.4, 0.5) is 0 Å². The van der Waals surface area contributed by atoms with Crippen LogP contribution in [0, 0.1) is 28.6 Å². The Hall–Kier alpha value is -1.85. The number of nitriles is 2. The van der Waals surface area contributed by atoms with Gasteiger partial charge in [-0.1, -0.05) is 13.8 Å². The van der Waals surface area contributed by atoms with E-state index in [1.807, 2.05) is 12.1 Å². The van der Waals surface area contributed by atoms with Crippen LogP contribution in [0.15, 0.2) is 6.33 Å². The predicted molar refractivity (Wildman–Crippen MR) is 61.9 cm³/mol. The van der Waals surface area contributed by atoms with Gasteiger partial charge in [-0.3, -0.25) is 0 Å². The molecule has 0 saturated heterocycles. The molecule has 5 nitrogen and oxygen atoms in total. The minimum atomic E-state index is 0.176. The van der Waals surface area contributed by atoms with E-state index in [1.165, 1.54) is 6.33 Å². The molecule has 0 amide bonds. The number of hydrogen-bond donors (Lipinski definition) is 0. The summed E-state index contributed by atoms with van der Waals surface area (Å²) in [6, 6.07) is 3.86. The van der Waals surface area contributed by atoms with Gasteiger partial charge in [0, 0.05) is 13.2 Å². The number of nitrogens with zero attached hydrogens (tertiary/aromatic N) is 4. The summed E-state index contributed by atoms with van der Waals surface area (Å²) in [5.41, 5.74) is 0.481. The third-order valence-electron chi connectivity index (χ3n) is 2.37. The Bertz CT molecular complexity index is 436. The lowest BCUT2D eigenvalue weighted by molar-refractivity contribution is 0.116. The van der Waals surface area contributed by atoms with E-state index in [0.717, 1.165) is 13.0 Å². The quantitative estimate of drug-likeness (QED) is 0.699. The lowest BCUT2D eigenvalue weighted by Gasteiger charge is -2.07. The summed E-state index contributed by atoms with van der Waals surface area (Å²) >= 11 is 0. The number of rotatable bonds is 6. The zero-order valence-electron chi connectivity index (χ0n) is 10.2. The van der Waals surface area contributed by atoms with Crippen molar-refractivity contribution < 1.29 is 4.74 Å². The molecular formula is C12H16N4O. The molecule has 0 aliphatic heterocycles. The first-order chi connectivity index (χ1) is 8.19. The summed E-state index contributed by atoms with van der Waals surface area (Å²) in [4.78, 5) is 3.86. The fourth-order valence-corrected chi connectivity index (χ4v) is 1.33. The Morgan fingerprint density at radius 1 is 1.35 bits per heavy atom. The second-order valence-corrected chi connectivity index (χ2v) is 4.15. The van der Waals surface area contributed by atoms with Gasteiger partial charge in [0.2, 0.25) is 0 Å². The lowest BCUT2D eigenvalue weighted by atomic mass is 10.1. The molecule has 0 N–H and O–H groups in total. The van der Waals surface area contributed by atoms with Crippen molar-refractivity contribution in [2.75, 3.05) is 13.2 Å². The van der Waals surface area contributed by atoms with E-state index in [4.69, 9.17) is 15.3 Å². The topological polar surface area (TPSA) is 74.6 Å². The van der Waals surface area contributed by atoms with Crippen LogP contribution in [0.3, 0.4) is 0 Å². The van der Waals surface area contributed by atoms with E-state index in [2.05, 4.69) is 18.8 Å². The molecule has 0 aliphatic carbocycles. The molecule has 1 heterocycles. The highest BCUT2D eigenvalue weighted by Gasteiger charge is 2.09. The van der Waals surface area contributed by atoms with Gasteiger partial charge in [-0.2, -0.15) is 10.5 Å². The Labute approximate surface area is 101 Å². The van der Waals surface area contributed by atoms with Crippen LogP contribution in [-0.2, 0) is 11.3 Å². The van der Waals surface area contributed by atoms with Crippen molar-refractivity contribution >= 4 is 0 Å². The molecule has 0 radical (unpaired) electrons. The molecule has 0 aliphatic rings. The summed E-state index contributed by atoms with van der Waals surface area (Å²) in [7, 11) is 0. The van der Waals surface area contributed by atoms with Crippen LogP contribution >= 0.6 is 0 Å². The number of aromatic nitrogens is 2. The highest BCUT2D eigenvalue weighted by molar-refractivity contribution is 5.35. The SMILES string of the molecule is CC(C)CCOCCn1cnc(C#N)c1C#N. The molecule has 0 bridgehead atoms. The average molecular weight is 232 g/mol. The molecule has 90 valence electrons. The van der Waals surface area contributed by atoms with Crippen LogP contribution in [0.5, 0.6) is 0 Å². The molecule has 0 unspecified atom stereocenters. The fraction of sp³-hybridized carbons (Fsp3) is 0.583. The van der Waals surface area contributed by atoms with Gasteiger partial charge in [0.25, 0.3) is 0 Å².